The first-order chi connectivity index (χ1) is 15.8. The number of alkyl halides is 3. The van der Waals surface area contributed by atoms with Crippen molar-refractivity contribution in [3.05, 3.63) is 82.3 Å². The van der Waals surface area contributed by atoms with Crippen molar-refractivity contribution >= 4 is 22.6 Å². The molecule has 0 bridgehead atoms. The molecule has 2 aromatic heterocycles. The van der Waals surface area contributed by atoms with E-state index in [1.54, 1.807) is 4.68 Å². The summed E-state index contributed by atoms with van der Waals surface area (Å²) in [6.07, 6.45) is -4.41. The summed E-state index contributed by atoms with van der Waals surface area (Å²) >= 11 is 6.09. The molecule has 4 aromatic rings. The Kier molecular flexibility index (Phi) is 6.53. The van der Waals surface area contributed by atoms with Gasteiger partial charge in [-0.15, -0.1) is 0 Å². The van der Waals surface area contributed by atoms with Crippen LogP contribution in [0.25, 0.3) is 11.0 Å². The Labute approximate surface area is 192 Å². The SMILES string of the molecule is COc1nc(Cl)nc2c1c(COCc1ccccc1)nn2[C@@H](C)c1ccc(C(F)(F)F)cc1. The summed E-state index contributed by atoms with van der Waals surface area (Å²) < 4.78 is 51.7. The summed E-state index contributed by atoms with van der Waals surface area (Å²) in [7, 11) is 1.46. The van der Waals surface area contributed by atoms with E-state index in [1.807, 2.05) is 37.3 Å². The zero-order valence-electron chi connectivity index (χ0n) is 17.8. The number of hydrogen-bond donors (Lipinski definition) is 0. The van der Waals surface area contributed by atoms with E-state index in [0.717, 1.165) is 17.7 Å². The largest absolute Gasteiger partial charge is 0.480 e. The number of benzene rings is 2. The minimum atomic E-state index is -4.41. The molecule has 2 heterocycles. The molecule has 0 fully saturated rings. The van der Waals surface area contributed by atoms with E-state index in [-0.39, 0.29) is 17.8 Å². The normalized spacial score (nSPS) is 12.8. The predicted molar refractivity (Wildman–Crippen MR) is 117 cm³/mol. The second-order valence-electron chi connectivity index (χ2n) is 7.37. The van der Waals surface area contributed by atoms with Gasteiger partial charge in [-0.2, -0.15) is 28.2 Å². The summed E-state index contributed by atoms with van der Waals surface area (Å²) in [6.45, 7) is 2.34. The molecule has 33 heavy (non-hydrogen) atoms. The van der Waals surface area contributed by atoms with Crippen molar-refractivity contribution in [3.63, 3.8) is 0 Å². The Morgan fingerprint density at radius 3 is 2.33 bits per heavy atom. The van der Waals surface area contributed by atoms with Gasteiger partial charge in [0.15, 0.2) is 5.65 Å². The number of rotatable bonds is 7. The van der Waals surface area contributed by atoms with Gasteiger partial charge in [0.05, 0.1) is 31.9 Å². The van der Waals surface area contributed by atoms with Crippen molar-refractivity contribution in [2.45, 2.75) is 32.4 Å². The lowest BCUT2D eigenvalue weighted by Crippen LogP contribution is -2.11. The van der Waals surface area contributed by atoms with Crippen LogP contribution in [0.2, 0.25) is 5.28 Å². The summed E-state index contributed by atoms with van der Waals surface area (Å²) in [6, 6.07) is 14.2. The van der Waals surface area contributed by atoms with Crippen LogP contribution in [0, 0.1) is 0 Å². The van der Waals surface area contributed by atoms with Gasteiger partial charge in [-0.1, -0.05) is 42.5 Å². The summed E-state index contributed by atoms with van der Waals surface area (Å²) in [5.74, 6) is 0.245. The van der Waals surface area contributed by atoms with E-state index in [1.165, 1.54) is 19.2 Å². The van der Waals surface area contributed by atoms with E-state index in [4.69, 9.17) is 21.1 Å². The van der Waals surface area contributed by atoms with Crippen LogP contribution >= 0.6 is 11.6 Å². The molecule has 6 nitrogen and oxygen atoms in total. The molecule has 2 aromatic carbocycles. The van der Waals surface area contributed by atoms with Gasteiger partial charge >= 0.3 is 6.18 Å². The zero-order valence-corrected chi connectivity index (χ0v) is 18.6. The lowest BCUT2D eigenvalue weighted by atomic mass is 10.1. The summed E-state index contributed by atoms with van der Waals surface area (Å²) in [5, 5.41) is 5.15. The van der Waals surface area contributed by atoms with Crippen LogP contribution in [0.1, 0.15) is 35.3 Å². The first-order valence-corrected chi connectivity index (χ1v) is 10.4. The Morgan fingerprint density at radius 1 is 1.00 bits per heavy atom. The zero-order chi connectivity index (χ0) is 23.6. The van der Waals surface area contributed by atoms with Gasteiger partial charge in [0.2, 0.25) is 11.2 Å². The van der Waals surface area contributed by atoms with Gasteiger partial charge in [-0.25, -0.2) is 4.68 Å². The molecule has 0 amide bonds. The number of nitrogens with zero attached hydrogens (tertiary/aromatic N) is 4. The molecular formula is C23H20ClF3N4O2. The standard InChI is InChI=1S/C23H20ClF3N4O2/c1-14(16-8-10-17(11-9-16)23(25,26)27)31-20-19(21(32-2)29-22(24)28-20)18(30-31)13-33-12-15-6-4-3-5-7-15/h3-11,14H,12-13H2,1-2H3/t14-/m0/s1. The maximum Gasteiger partial charge on any atom is 0.416 e. The molecule has 0 N–H and O–H groups in total. The minimum absolute atomic E-state index is 0.0307. The third-order valence-corrected chi connectivity index (χ3v) is 5.36. The van der Waals surface area contributed by atoms with Gasteiger partial charge < -0.3 is 9.47 Å². The van der Waals surface area contributed by atoms with Gasteiger partial charge in [-0.05, 0) is 41.8 Å². The van der Waals surface area contributed by atoms with E-state index in [2.05, 4.69) is 15.1 Å². The van der Waals surface area contributed by atoms with Gasteiger partial charge in [0, 0.05) is 0 Å². The third kappa shape index (κ3) is 4.94. The van der Waals surface area contributed by atoms with Gasteiger partial charge in [-0.3, -0.25) is 0 Å². The van der Waals surface area contributed by atoms with Gasteiger partial charge in [0.1, 0.15) is 11.1 Å². The maximum atomic E-state index is 12.9. The maximum absolute atomic E-state index is 12.9. The number of halogens is 4. The number of aromatic nitrogens is 4. The molecule has 0 aliphatic rings. The van der Waals surface area contributed by atoms with Crippen molar-refractivity contribution in [1.29, 1.82) is 0 Å². The highest BCUT2D eigenvalue weighted by Crippen LogP contribution is 2.33. The third-order valence-electron chi connectivity index (χ3n) is 5.19. The Bertz CT molecular complexity index is 1240. The van der Waals surface area contributed by atoms with Crippen molar-refractivity contribution in [2.75, 3.05) is 7.11 Å². The van der Waals surface area contributed by atoms with E-state index >= 15 is 0 Å². The molecule has 0 aliphatic heterocycles. The van der Waals surface area contributed by atoms with Crippen LogP contribution in [-0.2, 0) is 24.1 Å². The average Bonchev–Trinajstić information content (AvgIpc) is 3.16. The fraction of sp³-hybridized carbons (Fsp3) is 0.261. The Balaban J connectivity index is 1.69. The lowest BCUT2D eigenvalue weighted by Gasteiger charge is -2.15. The molecule has 0 saturated carbocycles. The fourth-order valence-corrected chi connectivity index (χ4v) is 3.66. The molecule has 172 valence electrons. The highest BCUT2D eigenvalue weighted by Gasteiger charge is 2.30. The van der Waals surface area contributed by atoms with Crippen LogP contribution in [0.3, 0.4) is 0 Å². The minimum Gasteiger partial charge on any atom is -0.480 e. The van der Waals surface area contributed by atoms with E-state index < -0.39 is 17.8 Å². The van der Waals surface area contributed by atoms with Crippen molar-refractivity contribution in [1.82, 2.24) is 19.7 Å². The molecule has 10 heteroatoms. The first kappa shape index (κ1) is 23.0. The molecule has 0 unspecified atom stereocenters. The number of methoxy groups -OCH3 is 1. The topological polar surface area (TPSA) is 62.1 Å². The molecule has 0 aliphatic carbocycles. The van der Waals surface area contributed by atoms with Crippen LogP contribution in [0.4, 0.5) is 13.2 Å². The van der Waals surface area contributed by atoms with Crippen LogP contribution < -0.4 is 4.74 Å². The molecule has 4 rings (SSSR count). The van der Waals surface area contributed by atoms with Gasteiger partial charge in [0.25, 0.3) is 0 Å². The molecule has 0 radical (unpaired) electrons. The van der Waals surface area contributed by atoms with Crippen molar-refractivity contribution < 1.29 is 22.6 Å². The summed E-state index contributed by atoms with van der Waals surface area (Å²) in [4.78, 5) is 8.44. The summed E-state index contributed by atoms with van der Waals surface area (Å²) in [5.41, 5.74) is 1.85. The monoisotopic (exact) mass is 476 g/mol. The van der Waals surface area contributed by atoms with E-state index in [0.29, 0.717) is 28.9 Å². The quantitative estimate of drug-likeness (QED) is 0.314. The van der Waals surface area contributed by atoms with E-state index in [9.17, 15) is 13.2 Å². The van der Waals surface area contributed by atoms with Crippen LogP contribution in [0.15, 0.2) is 54.6 Å². The molecule has 1 atom stereocenters. The first-order valence-electron chi connectivity index (χ1n) is 10.1. The van der Waals surface area contributed by atoms with Crippen LogP contribution in [0.5, 0.6) is 5.88 Å². The number of hydrogen-bond acceptors (Lipinski definition) is 5. The Hall–Kier alpha value is -3.17. The number of ether oxygens (including phenoxy) is 2. The second-order valence-corrected chi connectivity index (χ2v) is 7.70. The molecular weight excluding hydrogens is 457 g/mol. The van der Waals surface area contributed by atoms with Crippen LogP contribution in [-0.4, -0.2) is 26.9 Å². The number of fused-ring (bicyclic) bond motifs is 1. The Morgan fingerprint density at radius 2 is 1.70 bits per heavy atom. The highest BCUT2D eigenvalue weighted by atomic mass is 35.5. The smallest absolute Gasteiger partial charge is 0.416 e. The highest BCUT2D eigenvalue weighted by molar-refractivity contribution is 6.28. The average molecular weight is 477 g/mol. The predicted octanol–water partition coefficient (Wildman–Crippen LogP) is 5.83. The molecule has 0 spiro atoms. The second kappa shape index (κ2) is 9.36. The van der Waals surface area contributed by atoms with Crippen molar-refractivity contribution in [3.8, 4) is 5.88 Å². The van der Waals surface area contributed by atoms with Crippen molar-refractivity contribution in [2.24, 2.45) is 0 Å². The molecule has 0 saturated heterocycles. The fourth-order valence-electron chi connectivity index (χ4n) is 3.50. The lowest BCUT2D eigenvalue weighted by molar-refractivity contribution is -0.137.